The monoisotopic (exact) mass is 275 g/mol. The summed E-state index contributed by atoms with van der Waals surface area (Å²) in [6, 6.07) is 11.5. The van der Waals surface area contributed by atoms with Crippen molar-refractivity contribution in [3.8, 4) is 5.75 Å². The third-order valence-corrected chi connectivity index (χ3v) is 3.08. The molecule has 1 atom stereocenters. The first kappa shape index (κ1) is 14.3. The maximum atomic E-state index is 13.3. The van der Waals surface area contributed by atoms with Crippen LogP contribution in [0.1, 0.15) is 24.1 Å². The fraction of sp³-hybridized carbons (Fsp3) is 0.250. The molecule has 20 heavy (non-hydrogen) atoms. The molecule has 0 saturated carbocycles. The Balaban J connectivity index is 2.16. The Kier molecular flexibility index (Phi) is 4.58. The van der Waals surface area contributed by atoms with Gasteiger partial charge in [-0.1, -0.05) is 12.1 Å². The average Bonchev–Trinajstić information content (AvgIpc) is 2.42. The Bertz CT molecular complexity index is 586. The lowest BCUT2D eigenvalue weighted by molar-refractivity contribution is 0.185. The summed E-state index contributed by atoms with van der Waals surface area (Å²) in [5.74, 6) is -0.279. The van der Waals surface area contributed by atoms with Crippen LogP contribution < -0.4 is 5.32 Å². The number of phenols is 1. The number of hydrogen-bond donors (Lipinski definition) is 2. The van der Waals surface area contributed by atoms with Crippen LogP contribution in [-0.2, 0) is 11.3 Å². The van der Waals surface area contributed by atoms with E-state index < -0.39 is 0 Å². The predicted molar refractivity (Wildman–Crippen MR) is 77.3 cm³/mol. The van der Waals surface area contributed by atoms with E-state index in [0.29, 0.717) is 12.2 Å². The van der Waals surface area contributed by atoms with Crippen LogP contribution in [0, 0.1) is 5.82 Å². The summed E-state index contributed by atoms with van der Waals surface area (Å²) in [5.41, 5.74) is 2.48. The summed E-state index contributed by atoms with van der Waals surface area (Å²) in [6.07, 6.45) is 0. The van der Waals surface area contributed by atoms with Crippen molar-refractivity contribution in [3.63, 3.8) is 0 Å². The van der Waals surface area contributed by atoms with Gasteiger partial charge in [-0.3, -0.25) is 0 Å². The molecule has 3 nitrogen and oxygen atoms in total. The molecule has 0 fully saturated rings. The van der Waals surface area contributed by atoms with E-state index in [4.69, 9.17) is 4.74 Å². The standard InChI is InChI=1S/C16H18FNO2/c1-11(15-9-13(17)6-7-16(15)19)18-14-5-3-4-12(8-14)10-20-2/h3-9,11,18-19H,10H2,1-2H3. The first-order chi connectivity index (χ1) is 9.60. The van der Waals surface area contributed by atoms with Crippen LogP contribution in [0.5, 0.6) is 5.75 Å². The molecule has 0 aliphatic rings. The zero-order valence-corrected chi connectivity index (χ0v) is 11.6. The number of aromatic hydroxyl groups is 1. The summed E-state index contributed by atoms with van der Waals surface area (Å²) >= 11 is 0. The number of phenolic OH excluding ortho intramolecular Hbond substituents is 1. The summed E-state index contributed by atoms with van der Waals surface area (Å²) in [5, 5.41) is 13.0. The average molecular weight is 275 g/mol. The van der Waals surface area contributed by atoms with Gasteiger partial charge in [0.2, 0.25) is 0 Å². The first-order valence-corrected chi connectivity index (χ1v) is 6.43. The second-order valence-corrected chi connectivity index (χ2v) is 4.70. The van der Waals surface area contributed by atoms with Crippen LogP contribution >= 0.6 is 0 Å². The molecule has 2 aromatic rings. The molecule has 0 aromatic heterocycles. The van der Waals surface area contributed by atoms with Crippen LogP contribution in [0.3, 0.4) is 0 Å². The van der Waals surface area contributed by atoms with Crippen molar-refractivity contribution in [2.45, 2.75) is 19.6 Å². The topological polar surface area (TPSA) is 41.5 Å². The van der Waals surface area contributed by atoms with Gasteiger partial charge in [0.1, 0.15) is 11.6 Å². The number of anilines is 1. The molecular formula is C16H18FNO2. The van der Waals surface area contributed by atoms with Crippen LogP contribution in [-0.4, -0.2) is 12.2 Å². The second-order valence-electron chi connectivity index (χ2n) is 4.70. The summed E-state index contributed by atoms with van der Waals surface area (Å²) in [4.78, 5) is 0. The van der Waals surface area contributed by atoms with Crippen molar-refractivity contribution < 1.29 is 14.2 Å². The Morgan fingerprint density at radius 2 is 2.05 bits per heavy atom. The highest BCUT2D eigenvalue weighted by Gasteiger charge is 2.11. The maximum Gasteiger partial charge on any atom is 0.123 e. The highest BCUT2D eigenvalue weighted by Crippen LogP contribution is 2.27. The number of methoxy groups -OCH3 is 1. The number of nitrogens with one attached hydrogen (secondary N) is 1. The molecular weight excluding hydrogens is 257 g/mol. The molecule has 0 heterocycles. The maximum absolute atomic E-state index is 13.3. The smallest absolute Gasteiger partial charge is 0.123 e. The van der Waals surface area contributed by atoms with Crippen LogP contribution in [0.25, 0.3) is 0 Å². The molecule has 2 aromatic carbocycles. The predicted octanol–water partition coefficient (Wildman–Crippen LogP) is 3.85. The largest absolute Gasteiger partial charge is 0.508 e. The Labute approximate surface area is 118 Å². The zero-order chi connectivity index (χ0) is 14.5. The number of benzene rings is 2. The quantitative estimate of drug-likeness (QED) is 0.870. The lowest BCUT2D eigenvalue weighted by Gasteiger charge is -2.17. The van der Waals surface area contributed by atoms with Gasteiger partial charge in [-0.05, 0) is 42.8 Å². The van der Waals surface area contributed by atoms with Gasteiger partial charge in [0.05, 0.1) is 12.6 Å². The minimum absolute atomic E-state index is 0.0828. The summed E-state index contributed by atoms with van der Waals surface area (Å²) in [6.45, 7) is 2.41. The third-order valence-electron chi connectivity index (χ3n) is 3.08. The molecule has 106 valence electrons. The highest BCUT2D eigenvalue weighted by molar-refractivity contribution is 5.49. The highest BCUT2D eigenvalue weighted by atomic mass is 19.1. The van der Waals surface area contributed by atoms with E-state index in [9.17, 15) is 9.50 Å². The van der Waals surface area contributed by atoms with Gasteiger partial charge in [-0.25, -0.2) is 4.39 Å². The van der Waals surface area contributed by atoms with Crippen molar-refractivity contribution in [1.29, 1.82) is 0 Å². The molecule has 1 unspecified atom stereocenters. The van der Waals surface area contributed by atoms with Crippen molar-refractivity contribution in [3.05, 3.63) is 59.4 Å². The summed E-state index contributed by atoms with van der Waals surface area (Å²) in [7, 11) is 1.65. The normalized spacial score (nSPS) is 12.2. The van der Waals surface area contributed by atoms with E-state index in [1.807, 2.05) is 31.2 Å². The Morgan fingerprint density at radius 3 is 2.80 bits per heavy atom. The van der Waals surface area contributed by atoms with E-state index >= 15 is 0 Å². The zero-order valence-electron chi connectivity index (χ0n) is 11.6. The molecule has 4 heteroatoms. The molecule has 0 spiro atoms. The van der Waals surface area contributed by atoms with Crippen molar-refractivity contribution >= 4 is 5.69 Å². The van der Waals surface area contributed by atoms with E-state index in [0.717, 1.165) is 11.3 Å². The Morgan fingerprint density at radius 1 is 1.25 bits per heavy atom. The SMILES string of the molecule is COCc1cccc(NC(C)c2cc(F)ccc2O)c1. The van der Waals surface area contributed by atoms with E-state index in [-0.39, 0.29) is 17.6 Å². The van der Waals surface area contributed by atoms with Crippen LogP contribution in [0.4, 0.5) is 10.1 Å². The van der Waals surface area contributed by atoms with Crippen molar-refractivity contribution in [1.82, 2.24) is 0 Å². The van der Waals surface area contributed by atoms with Gasteiger partial charge >= 0.3 is 0 Å². The van der Waals surface area contributed by atoms with Gasteiger partial charge in [0.15, 0.2) is 0 Å². The van der Waals surface area contributed by atoms with Gasteiger partial charge in [0.25, 0.3) is 0 Å². The lowest BCUT2D eigenvalue weighted by Crippen LogP contribution is -2.07. The van der Waals surface area contributed by atoms with Crippen LogP contribution in [0.2, 0.25) is 0 Å². The molecule has 2 rings (SSSR count). The summed E-state index contributed by atoms with van der Waals surface area (Å²) < 4.78 is 18.3. The number of hydrogen-bond acceptors (Lipinski definition) is 3. The molecule has 0 aliphatic heterocycles. The van der Waals surface area contributed by atoms with Crippen molar-refractivity contribution in [2.24, 2.45) is 0 Å². The lowest BCUT2D eigenvalue weighted by atomic mass is 10.1. The number of rotatable bonds is 5. The number of ether oxygens (including phenoxy) is 1. The first-order valence-electron chi connectivity index (χ1n) is 6.43. The third kappa shape index (κ3) is 3.48. The molecule has 2 N–H and O–H groups in total. The van der Waals surface area contributed by atoms with Gasteiger partial charge in [-0.2, -0.15) is 0 Å². The second kappa shape index (κ2) is 6.39. The molecule has 0 aliphatic carbocycles. The van der Waals surface area contributed by atoms with Gasteiger partial charge < -0.3 is 15.2 Å². The fourth-order valence-corrected chi connectivity index (χ4v) is 2.12. The fourth-order valence-electron chi connectivity index (χ4n) is 2.12. The molecule has 0 bridgehead atoms. The van der Waals surface area contributed by atoms with E-state index in [2.05, 4.69) is 5.32 Å². The molecule has 0 saturated heterocycles. The Hall–Kier alpha value is -2.07. The number of halogens is 1. The molecule has 0 amide bonds. The molecule has 0 radical (unpaired) electrons. The van der Waals surface area contributed by atoms with E-state index in [1.54, 1.807) is 7.11 Å². The van der Waals surface area contributed by atoms with Crippen LogP contribution in [0.15, 0.2) is 42.5 Å². The van der Waals surface area contributed by atoms with E-state index in [1.165, 1.54) is 18.2 Å². The van der Waals surface area contributed by atoms with Gasteiger partial charge in [-0.15, -0.1) is 0 Å². The minimum atomic E-state index is -0.361. The van der Waals surface area contributed by atoms with Crippen molar-refractivity contribution in [2.75, 3.05) is 12.4 Å². The minimum Gasteiger partial charge on any atom is -0.508 e. The van der Waals surface area contributed by atoms with Gasteiger partial charge in [0, 0.05) is 18.4 Å².